The van der Waals surface area contributed by atoms with Crippen LogP contribution in [0.5, 0.6) is 0 Å². The van der Waals surface area contributed by atoms with Crippen LogP contribution >= 0.6 is 46.5 Å². The van der Waals surface area contributed by atoms with E-state index in [1.54, 1.807) is 35.7 Å². The van der Waals surface area contributed by atoms with E-state index in [0.717, 1.165) is 15.5 Å². The third-order valence-corrected chi connectivity index (χ3v) is 8.09. The van der Waals surface area contributed by atoms with E-state index in [1.807, 2.05) is 41.3 Å². The first kappa shape index (κ1) is 23.1. The highest BCUT2D eigenvalue weighted by atomic mass is 35.5. The second kappa shape index (κ2) is 10.2. The van der Waals surface area contributed by atoms with Crippen LogP contribution in [-0.2, 0) is 11.3 Å². The molecule has 0 aliphatic carbocycles. The number of nitrogens with one attached hydrogen (secondary N) is 1. The minimum absolute atomic E-state index is 0.0888. The molecular weight excluding hydrogens is 484 g/mol. The lowest BCUT2D eigenvalue weighted by molar-refractivity contribution is -0.128. The zero-order chi connectivity index (χ0) is 22.7. The number of benzene rings is 2. The molecule has 32 heavy (non-hydrogen) atoms. The van der Waals surface area contributed by atoms with Crippen molar-refractivity contribution in [3.63, 3.8) is 0 Å². The van der Waals surface area contributed by atoms with Gasteiger partial charge in [-0.3, -0.25) is 14.9 Å². The van der Waals surface area contributed by atoms with Gasteiger partial charge >= 0.3 is 0 Å². The van der Waals surface area contributed by atoms with Gasteiger partial charge in [-0.25, -0.2) is 0 Å². The number of carbonyl (C=O) groups excluding carboxylic acids is 2. The monoisotopic (exact) mass is 504 g/mol. The Morgan fingerprint density at radius 1 is 1.19 bits per heavy atom. The summed E-state index contributed by atoms with van der Waals surface area (Å²) >= 11 is 10.5. The molecule has 2 amide bonds. The number of carbonyl (C=O) groups is 2. The molecule has 1 atom stereocenters. The number of halogens is 1. The van der Waals surface area contributed by atoms with Crippen LogP contribution in [0.15, 0.2) is 52.9 Å². The summed E-state index contributed by atoms with van der Waals surface area (Å²) in [6.45, 7) is 4.68. The topological polar surface area (TPSA) is 75.2 Å². The summed E-state index contributed by atoms with van der Waals surface area (Å²) in [5, 5.41) is 12.4. The molecule has 166 valence electrons. The van der Waals surface area contributed by atoms with Gasteiger partial charge in [0.25, 0.3) is 5.91 Å². The van der Waals surface area contributed by atoms with Gasteiger partial charge < -0.3 is 4.90 Å². The number of hydrogen-bond donors (Lipinski definition) is 1. The first-order chi connectivity index (χ1) is 15.4. The van der Waals surface area contributed by atoms with E-state index in [1.165, 1.54) is 11.3 Å². The molecule has 4 rings (SSSR count). The molecule has 0 bridgehead atoms. The van der Waals surface area contributed by atoms with Crippen molar-refractivity contribution < 1.29 is 9.59 Å². The zero-order valence-corrected chi connectivity index (χ0v) is 20.7. The molecule has 0 saturated carbocycles. The van der Waals surface area contributed by atoms with Gasteiger partial charge in [-0.1, -0.05) is 72.8 Å². The molecule has 1 aromatic heterocycles. The maximum absolute atomic E-state index is 12.6. The molecule has 1 fully saturated rings. The Hall–Kier alpha value is -2.07. The van der Waals surface area contributed by atoms with Crippen molar-refractivity contribution in [2.75, 3.05) is 11.1 Å². The Balaban J connectivity index is 1.42. The molecule has 1 aliphatic heterocycles. The van der Waals surface area contributed by atoms with Crippen molar-refractivity contribution in [1.29, 1.82) is 0 Å². The van der Waals surface area contributed by atoms with Crippen LogP contribution in [0.4, 0.5) is 5.13 Å². The largest absolute Gasteiger partial charge is 0.322 e. The molecule has 1 N–H and O–H groups in total. The molecule has 10 heteroatoms. The maximum atomic E-state index is 12.6. The lowest BCUT2D eigenvalue weighted by atomic mass is 10.1. The van der Waals surface area contributed by atoms with Crippen LogP contribution in [-0.4, -0.2) is 37.9 Å². The Bertz CT molecular complexity index is 1100. The molecule has 2 aromatic carbocycles. The summed E-state index contributed by atoms with van der Waals surface area (Å²) in [5.41, 5.74) is 2.54. The first-order valence-electron chi connectivity index (χ1n) is 9.96. The summed E-state index contributed by atoms with van der Waals surface area (Å²) in [6, 6.07) is 14.9. The molecule has 1 aliphatic rings. The van der Waals surface area contributed by atoms with Crippen LogP contribution in [0, 0.1) is 0 Å². The van der Waals surface area contributed by atoms with E-state index in [4.69, 9.17) is 11.6 Å². The third kappa shape index (κ3) is 5.64. The molecule has 6 nitrogen and oxygen atoms in total. The summed E-state index contributed by atoms with van der Waals surface area (Å²) in [5.74, 6) is 0.305. The van der Waals surface area contributed by atoms with Crippen LogP contribution < -0.4 is 5.32 Å². The second-order valence-corrected chi connectivity index (χ2v) is 11.7. The number of rotatable bonds is 7. The molecule has 0 spiro atoms. The van der Waals surface area contributed by atoms with Crippen LogP contribution in [0.25, 0.3) is 0 Å². The van der Waals surface area contributed by atoms with Gasteiger partial charge in [0.05, 0.1) is 5.75 Å². The highest BCUT2D eigenvalue weighted by Crippen LogP contribution is 2.39. The van der Waals surface area contributed by atoms with Crippen molar-refractivity contribution in [3.05, 3.63) is 70.2 Å². The summed E-state index contributed by atoms with van der Waals surface area (Å²) < 4.78 is 0.828. The predicted molar refractivity (Wildman–Crippen MR) is 132 cm³/mol. The second-order valence-electron chi connectivity index (χ2n) is 7.43. The van der Waals surface area contributed by atoms with Crippen molar-refractivity contribution in [2.24, 2.45) is 0 Å². The molecular formula is C22H21ClN4O2S3. The Kier molecular flexibility index (Phi) is 7.40. The van der Waals surface area contributed by atoms with Gasteiger partial charge in [-0.15, -0.1) is 22.0 Å². The highest BCUT2D eigenvalue weighted by Gasteiger charge is 2.32. The number of nitrogens with zero attached hydrogens (tertiary/aromatic N) is 3. The Morgan fingerprint density at radius 2 is 1.91 bits per heavy atom. The minimum Gasteiger partial charge on any atom is -0.322 e. The molecule has 1 unspecified atom stereocenters. The van der Waals surface area contributed by atoms with Crippen molar-refractivity contribution in [2.45, 2.75) is 35.4 Å². The van der Waals surface area contributed by atoms with E-state index in [0.29, 0.717) is 33.3 Å². The molecule has 0 radical (unpaired) electrons. The van der Waals surface area contributed by atoms with Gasteiger partial charge in [0.15, 0.2) is 4.34 Å². The van der Waals surface area contributed by atoms with Gasteiger partial charge in [-0.05, 0) is 35.4 Å². The summed E-state index contributed by atoms with van der Waals surface area (Å²) in [4.78, 5) is 26.9. The van der Waals surface area contributed by atoms with Gasteiger partial charge in [-0.2, -0.15) is 0 Å². The molecule has 3 aromatic rings. The fourth-order valence-corrected chi connectivity index (χ4v) is 6.45. The lowest BCUT2D eigenvalue weighted by Gasteiger charge is -2.24. The number of anilines is 1. The van der Waals surface area contributed by atoms with Crippen LogP contribution in [0.1, 0.15) is 40.7 Å². The van der Waals surface area contributed by atoms with E-state index in [9.17, 15) is 9.59 Å². The van der Waals surface area contributed by atoms with E-state index < -0.39 is 0 Å². The molecule has 1 saturated heterocycles. The Labute approximate surface area is 204 Å². The summed E-state index contributed by atoms with van der Waals surface area (Å²) in [7, 11) is 0. The number of thioether (sulfide) groups is 2. The van der Waals surface area contributed by atoms with Crippen LogP contribution in [0.3, 0.4) is 0 Å². The minimum atomic E-state index is -0.234. The number of aromatic nitrogens is 2. The first-order valence-corrected chi connectivity index (χ1v) is 13.1. The van der Waals surface area contributed by atoms with Gasteiger partial charge in [0, 0.05) is 22.4 Å². The van der Waals surface area contributed by atoms with Crippen molar-refractivity contribution >= 4 is 63.4 Å². The van der Waals surface area contributed by atoms with E-state index in [-0.39, 0.29) is 17.2 Å². The third-order valence-electron chi connectivity index (χ3n) is 4.66. The van der Waals surface area contributed by atoms with E-state index in [2.05, 4.69) is 29.4 Å². The average molecular weight is 505 g/mol. The number of hydrogen-bond acceptors (Lipinski definition) is 7. The van der Waals surface area contributed by atoms with Gasteiger partial charge in [0.2, 0.25) is 11.0 Å². The van der Waals surface area contributed by atoms with Crippen molar-refractivity contribution in [3.8, 4) is 0 Å². The standard InChI is InChI=1S/C22H21ClN4O2S3/c1-13(2)31-22-26-25-21(32-22)24-19(29)15-5-7-16(8-6-15)20-27(18(28)12-30-20)11-14-3-9-17(23)10-4-14/h3-10,13,20H,11-12H2,1-2H3,(H,24,25,29). The fraction of sp³-hybridized carbons (Fsp3) is 0.273. The summed E-state index contributed by atoms with van der Waals surface area (Å²) in [6.07, 6.45) is 0. The maximum Gasteiger partial charge on any atom is 0.257 e. The van der Waals surface area contributed by atoms with Crippen molar-refractivity contribution in [1.82, 2.24) is 15.1 Å². The fourth-order valence-electron chi connectivity index (χ4n) is 3.17. The highest BCUT2D eigenvalue weighted by molar-refractivity contribution is 8.01. The smallest absolute Gasteiger partial charge is 0.257 e. The van der Waals surface area contributed by atoms with Crippen LogP contribution in [0.2, 0.25) is 5.02 Å². The lowest BCUT2D eigenvalue weighted by Crippen LogP contribution is -2.27. The Morgan fingerprint density at radius 3 is 2.59 bits per heavy atom. The quantitative estimate of drug-likeness (QED) is 0.327. The van der Waals surface area contributed by atoms with Gasteiger partial charge in [0.1, 0.15) is 5.37 Å². The normalized spacial score (nSPS) is 16.1. The average Bonchev–Trinajstić information content (AvgIpc) is 3.35. The molecule has 2 heterocycles. The predicted octanol–water partition coefficient (Wildman–Crippen LogP) is 5.72. The van der Waals surface area contributed by atoms with E-state index >= 15 is 0 Å². The SMILES string of the molecule is CC(C)Sc1nnc(NC(=O)c2ccc(C3SCC(=O)N3Cc3ccc(Cl)cc3)cc2)s1. The number of amides is 2. The zero-order valence-electron chi connectivity index (χ0n) is 17.4.